The number of para-hydroxylation sites is 2. The predicted octanol–water partition coefficient (Wildman–Crippen LogP) is 1.71. The Morgan fingerprint density at radius 2 is 2.27 bits per heavy atom. The molecule has 2 rings (SSSR count). The van der Waals surface area contributed by atoms with Crippen molar-refractivity contribution in [2.75, 3.05) is 7.11 Å². The van der Waals surface area contributed by atoms with Crippen molar-refractivity contribution in [3.05, 3.63) is 30.1 Å². The fraction of sp³-hybridized carbons (Fsp3) is 0.273. The number of aromatic nitrogens is 2. The van der Waals surface area contributed by atoms with Crippen LogP contribution in [0, 0.1) is 11.3 Å². The molecule has 4 nitrogen and oxygen atoms in total. The third-order valence-electron chi connectivity index (χ3n) is 2.23. The number of benzene rings is 1. The van der Waals surface area contributed by atoms with Gasteiger partial charge in [0.05, 0.1) is 23.5 Å². The standard InChI is InChI=1S/C11H11N3O/c1-15-8-14-10-5-3-2-4-9(10)13-11(14)6-7-12/h2-5H,6,8H2,1H3. The lowest BCUT2D eigenvalue weighted by atomic mass is 10.3. The van der Waals surface area contributed by atoms with Crippen LogP contribution in [0.1, 0.15) is 5.82 Å². The van der Waals surface area contributed by atoms with Gasteiger partial charge >= 0.3 is 0 Å². The third kappa shape index (κ3) is 1.69. The number of hydrogen-bond donors (Lipinski definition) is 0. The molecule has 2 aromatic rings. The number of rotatable bonds is 3. The summed E-state index contributed by atoms with van der Waals surface area (Å²) in [6, 6.07) is 9.90. The van der Waals surface area contributed by atoms with Crippen molar-refractivity contribution in [3.63, 3.8) is 0 Å². The number of ether oxygens (including phenoxy) is 1. The van der Waals surface area contributed by atoms with Gasteiger partial charge in [-0.05, 0) is 12.1 Å². The van der Waals surface area contributed by atoms with Gasteiger partial charge in [0.1, 0.15) is 12.6 Å². The lowest BCUT2D eigenvalue weighted by molar-refractivity contribution is 0.132. The lowest BCUT2D eigenvalue weighted by Gasteiger charge is -2.04. The molecule has 0 spiro atoms. The second-order valence-electron chi connectivity index (χ2n) is 3.20. The van der Waals surface area contributed by atoms with E-state index < -0.39 is 0 Å². The summed E-state index contributed by atoms with van der Waals surface area (Å²) in [5.74, 6) is 0.751. The molecule has 0 unspecified atom stereocenters. The van der Waals surface area contributed by atoms with E-state index in [4.69, 9.17) is 10.00 Å². The zero-order chi connectivity index (χ0) is 10.7. The highest BCUT2D eigenvalue weighted by molar-refractivity contribution is 5.75. The van der Waals surface area contributed by atoms with E-state index in [1.807, 2.05) is 28.8 Å². The maximum Gasteiger partial charge on any atom is 0.126 e. The summed E-state index contributed by atoms with van der Waals surface area (Å²) >= 11 is 0. The summed E-state index contributed by atoms with van der Waals surface area (Å²) in [6.45, 7) is 0.428. The molecule has 0 saturated heterocycles. The van der Waals surface area contributed by atoms with Crippen LogP contribution in [0.4, 0.5) is 0 Å². The third-order valence-corrected chi connectivity index (χ3v) is 2.23. The van der Waals surface area contributed by atoms with Crippen LogP contribution < -0.4 is 0 Å². The molecule has 76 valence electrons. The number of nitrogens with zero attached hydrogens (tertiary/aromatic N) is 3. The van der Waals surface area contributed by atoms with Crippen LogP contribution in [0.2, 0.25) is 0 Å². The SMILES string of the molecule is COCn1c(CC#N)nc2ccccc21. The highest BCUT2D eigenvalue weighted by atomic mass is 16.5. The molecule has 0 aliphatic carbocycles. The molecule has 15 heavy (non-hydrogen) atoms. The van der Waals surface area contributed by atoms with Gasteiger partial charge in [0.15, 0.2) is 0 Å². The van der Waals surface area contributed by atoms with E-state index in [0.29, 0.717) is 13.2 Å². The minimum atomic E-state index is 0.304. The van der Waals surface area contributed by atoms with Crippen LogP contribution in [0.3, 0.4) is 0 Å². The van der Waals surface area contributed by atoms with Gasteiger partial charge in [-0.3, -0.25) is 0 Å². The van der Waals surface area contributed by atoms with E-state index in [9.17, 15) is 0 Å². The van der Waals surface area contributed by atoms with E-state index in [2.05, 4.69) is 11.1 Å². The van der Waals surface area contributed by atoms with Crippen molar-refractivity contribution in [2.24, 2.45) is 0 Å². The predicted molar refractivity (Wildman–Crippen MR) is 56.1 cm³/mol. The van der Waals surface area contributed by atoms with Gasteiger partial charge in [0.2, 0.25) is 0 Å². The van der Waals surface area contributed by atoms with E-state index in [-0.39, 0.29) is 0 Å². The van der Waals surface area contributed by atoms with Crippen LogP contribution in [0.25, 0.3) is 11.0 Å². The van der Waals surface area contributed by atoms with Crippen molar-refractivity contribution in [3.8, 4) is 6.07 Å². The molecule has 4 heteroatoms. The lowest BCUT2D eigenvalue weighted by Crippen LogP contribution is -2.04. The van der Waals surface area contributed by atoms with E-state index in [1.165, 1.54) is 0 Å². The molecule has 0 N–H and O–H groups in total. The minimum absolute atomic E-state index is 0.304. The van der Waals surface area contributed by atoms with Crippen molar-refractivity contribution in [1.82, 2.24) is 9.55 Å². The molecule has 0 radical (unpaired) electrons. The fourth-order valence-corrected chi connectivity index (χ4v) is 1.60. The molecule has 0 saturated carbocycles. The van der Waals surface area contributed by atoms with Crippen molar-refractivity contribution in [1.29, 1.82) is 5.26 Å². The number of methoxy groups -OCH3 is 1. The van der Waals surface area contributed by atoms with E-state index in [1.54, 1.807) is 7.11 Å². The average Bonchev–Trinajstić information content (AvgIpc) is 2.59. The normalized spacial score (nSPS) is 10.4. The first-order valence-corrected chi connectivity index (χ1v) is 4.67. The van der Waals surface area contributed by atoms with Gasteiger partial charge in [-0.15, -0.1) is 0 Å². The fourth-order valence-electron chi connectivity index (χ4n) is 1.60. The highest BCUT2D eigenvalue weighted by Crippen LogP contribution is 2.16. The summed E-state index contributed by atoms with van der Waals surface area (Å²) in [5.41, 5.74) is 1.91. The Bertz CT molecular complexity index is 510. The summed E-state index contributed by atoms with van der Waals surface area (Å²) in [6.07, 6.45) is 0.304. The van der Waals surface area contributed by atoms with Gasteiger partial charge in [-0.1, -0.05) is 12.1 Å². The van der Waals surface area contributed by atoms with Crippen LogP contribution >= 0.6 is 0 Å². The molecule has 1 aromatic carbocycles. The number of fused-ring (bicyclic) bond motifs is 1. The van der Waals surface area contributed by atoms with Crippen LogP contribution in [0.15, 0.2) is 24.3 Å². The topological polar surface area (TPSA) is 50.8 Å². The zero-order valence-corrected chi connectivity index (χ0v) is 8.47. The van der Waals surface area contributed by atoms with Crippen LogP contribution in [0.5, 0.6) is 0 Å². The van der Waals surface area contributed by atoms with Gasteiger partial charge in [-0.25, -0.2) is 4.98 Å². The molecule has 0 amide bonds. The Morgan fingerprint density at radius 3 is 3.00 bits per heavy atom. The average molecular weight is 201 g/mol. The second-order valence-corrected chi connectivity index (χ2v) is 3.20. The first-order chi connectivity index (χ1) is 7.36. The first kappa shape index (κ1) is 9.69. The molecule has 0 aliphatic rings. The largest absolute Gasteiger partial charge is 0.364 e. The van der Waals surface area contributed by atoms with E-state index in [0.717, 1.165) is 16.9 Å². The monoisotopic (exact) mass is 201 g/mol. The van der Waals surface area contributed by atoms with Gasteiger partial charge in [0, 0.05) is 7.11 Å². The Kier molecular flexibility index (Phi) is 2.66. The van der Waals surface area contributed by atoms with Gasteiger partial charge in [0.25, 0.3) is 0 Å². The summed E-state index contributed by atoms with van der Waals surface area (Å²) < 4.78 is 7.01. The van der Waals surface area contributed by atoms with Crippen LogP contribution in [-0.4, -0.2) is 16.7 Å². The highest BCUT2D eigenvalue weighted by Gasteiger charge is 2.08. The second kappa shape index (κ2) is 4.11. The van der Waals surface area contributed by atoms with Gasteiger partial charge < -0.3 is 9.30 Å². The molecule has 1 aromatic heterocycles. The number of hydrogen-bond acceptors (Lipinski definition) is 3. The van der Waals surface area contributed by atoms with Crippen molar-refractivity contribution >= 4 is 11.0 Å². The Morgan fingerprint density at radius 1 is 1.47 bits per heavy atom. The van der Waals surface area contributed by atoms with Crippen molar-refractivity contribution in [2.45, 2.75) is 13.2 Å². The smallest absolute Gasteiger partial charge is 0.126 e. The molecule has 0 fully saturated rings. The first-order valence-electron chi connectivity index (χ1n) is 4.67. The quantitative estimate of drug-likeness (QED) is 0.759. The molecule has 0 aliphatic heterocycles. The van der Waals surface area contributed by atoms with Gasteiger partial charge in [-0.2, -0.15) is 5.26 Å². The molecule has 1 heterocycles. The molecule has 0 atom stereocenters. The Balaban J connectivity index is 2.59. The minimum Gasteiger partial charge on any atom is -0.364 e. The van der Waals surface area contributed by atoms with Crippen LogP contribution in [-0.2, 0) is 17.9 Å². The summed E-state index contributed by atoms with van der Waals surface area (Å²) in [4.78, 5) is 4.38. The van der Waals surface area contributed by atoms with E-state index >= 15 is 0 Å². The summed E-state index contributed by atoms with van der Waals surface area (Å²) in [5, 5.41) is 8.69. The zero-order valence-electron chi connectivity index (χ0n) is 8.47. The molecular weight excluding hydrogens is 190 g/mol. The molecular formula is C11H11N3O. The summed E-state index contributed by atoms with van der Waals surface area (Å²) in [7, 11) is 1.63. The maximum atomic E-state index is 8.69. The number of imidazole rings is 1. The maximum absolute atomic E-state index is 8.69. The number of nitriles is 1. The Labute approximate surface area is 87.7 Å². The van der Waals surface area contributed by atoms with Crippen molar-refractivity contribution < 1.29 is 4.74 Å². The Hall–Kier alpha value is -1.86. The molecule has 0 bridgehead atoms.